The molecule has 1 saturated carbocycles. The van der Waals surface area contributed by atoms with Crippen LogP contribution in [0.5, 0.6) is 0 Å². The third-order valence-electron chi connectivity index (χ3n) is 3.87. The molecule has 1 amide bonds. The number of nitrogens with one attached hydrogen (secondary N) is 1. The Balaban J connectivity index is 1.69. The SMILES string of the molecule is O=C(CC(=O)N[C@H]1CCOC1=O)CC1CCCCC1. The summed E-state index contributed by atoms with van der Waals surface area (Å²) in [5.74, 6) is -0.320. The number of ether oxygens (including phenoxy) is 1. The molecule has 106 valence electrons. The fourth-order valence-electron chi connectivity index (χ4n) is 2.84. The van der Waals surface area contributed by atoms with Crippen LogP contribution in [0.1, 0.15) is 51.4 Å². The van der Waals surface area contributed by atoms with Gasteiger partial charge in [-0.1, -0.05) is 32.1 Å². The number of hydrogen-bond acceptors (Lipinski definition) is 4. The Morgan fingerprint density at radius 1 is 1.16 bits per heavy atom. The van der Waals surface area contributed by atoms with Crippen LogP contribution in [0.15, 0.2) is 0 Å². The molecule has 2 rings (SSSR count). The van der Waals surface area contributed by atoms with Gasteiger partial charge >= 0.3 is 5.97 Å². The van der Waals surface area contributed by atoms with Crippen LogP contribution in [0.4, 0.5) is 0 Å². The van der Waals surface area contributed by atoms with Gasteiger partial charge in [-0.3, -0.25) is 9.59 Å². The summed E-state index contributed by atoms with van der Waals surface area (Å²) < 4.78 is 4.75. The van der Waals surface area contributed by atoms with Gasteiger partial charge in [0.25, 0.3) is 0 Å². The lowest BCUT2D eigenvalue weighted by Crippen LogP contribution is -2.38. The number of rotatable bonds is 5. The summed E-state index contributed by atoms with van der Waals surface area (Å²) in [5.41, 5.74) is 0. The molecule has 0 radical (unpaired) electrons. The Morgan fingerprint density at radius 2 is 1.89 bits per heavy atom. The van der Waals surface area contributed by atoms with Gasteiger partial charge in [0.05, 0.1) is 13.0 Å². The number of Topliss-reactive ketones (excluding diaryl/α,β-unsaturated/α-hetero) is 1. The molecular weight excluding hydrogens is 246 g/mol. The van der Waals surface area contributed by atoms with E-state index < -0.39 is 12.0 Å². The molecule has 0 aromatic carbocycles. The Bertz CT molecular complexity index is 360. The van der Waals surface area contributed by atoms with Gasteiger partial charge in [0, 0.05) is 12.8 Å². The molecule has 1 atom stereocenters. The molecule has 2 aliphatic rings. The molecule has 0 spiro atoms. The lowest BCUT2D eigenvalue weighted by molar-refractivity contribution is -0.142. The van der Waals surface area contributed by atoms with E-state index in [2.05, 4.69) is 5.32 Å². The van der Waals surface area contributed by atoms with Crippen molar-refractivity contribution < 1.29 is 19.1 Å². The molecule has 1 saturated heterocycles. The van der Waals surface area contributed by atoms with E-state index in [-0.39, 0.29) is 18.1 Å². The van der Waals surface area contributed by atoms with E-state index in [1.54, 1.807) is 0 Å². The van der Waals surface area contributed by atoms with Crippen LogP contribution in [0.3, 0.4) is 0 Å². The lowest BCUT2D eigenvalue weighted by atomic mass is 9.85. The maximum Gasteiger partial charge on any atom is 0.328 e. The van der Waals surface area contributed by atoms with Crippen LogP contribution in [-0.2, 0) is 19.1 Å². The molecule has 0 bridgehead atoms. The van der Waals surface area contributed by atoms with E-state index in [0.717, 1.165) is 12.8 Å². The first kappa shape index (κ1) is 14.0. The quantitative estimate of drug-likeness (QED) is 0.603. The van der Waals surface area contributed by atoms with Crippen molar-refractivity contribution in [2.45, 2.75) is 57.4 Å². The van der Waals surface area contributed by atoms with Crippen LogP contribution >= 0.6 is 0 Å². The Morgan fingerprint density at radius 3 is 2.53 bits per heavy atom. The average Bonchev–Trinajstić information content (AvgIpc) is 2.76. The third kappa shape index (κ3) is 4.33. The summed E-state index contributed by atoms with van der Waals surface area (Å²) in [7, 11) is 0. The van der Waals surface area contributed by atoms with Gasteiger partial charge in [-0.2, -0.15) is 0 Å². The zero-order valence-corrected chi connectivity index (χ0v) is 11.2. The molecule has 0 aromatic heterocycles. The molecule has 1 aliphatic carbocycles. The summed E-state index contributed by atoms with van der Waals surface area (Å²) in [4.78, 5) is 34.6. The normalized spacial score (nSPS) is 24.0. The second kappa shape index (κ2) is 6.68. The number of carbonyl (C=O) groups excluding carboxylic acids is 3. The van der Waals surface area contributed by atoms with Gasteiger partial charge in [0.15, 0.2) is 0 Å². The average molecular weight is 267 g/mol. The van der Waals surface area contributed by atoms with Gasteiger partial charge < -0.3 is 10.1 Å². The third-order valence-corrected chi connectivity index (χ3v) is 3.87. The Labute approximate surface area is 113 Å². The highest BCUT2D eigenvalue weighted by Gasteiger charge is 2.28. The molecule has 0 unspecified atom stereocenters. The molecule has 1 aliphatic heterocycles. The summed E-state index contributed by atoms with van der Waals surface area (Å²) in [6.45, 7) is 0.347. The minimum absolute atomic E-state index is 0.0178. The molecule has 5 nitrogen and oxygen atoms in total. The molecular formula is C14H21NO4. The largest absolute Gasteiger partial charge is 0.464 e. The zero-order valence-electron chi connectivity index (χ0n) is 11.2. The number of amides is 1. The minimum atomic E-state index is -0.560. The first-order valence-corrected chi connectivity index (χ1v) is 7.13. The maximum atomic E-state index is 11.8. The van der Waals surface area contributed by atoms with E-state index >= 15 is 0 Å². The van der Waals surface area contributed by atoms with Gasteiger partial charge in [-0.05, 0) is 5.92 Å². The van der Waals surface area contributed by atoms with Crippen molar-refractivity contribution in [3.05, 3.63) is 0 Å². The second-order valence-electron chi connectivity index (χ2n) is 5.50. The number of cyclic esters (lactones) is 1. The van der Waals surface area contributed by atoms with Crippen molar-refractivity contribution in [2.75, 3.05) is 6.61 Å². The monoisotopic (exact) mass is 267 g/mol. The van der Waals surface area contributed by atoms with E-state index in [9.17, 15) is 14.4 Å². The number of ketones is 1. The fourth-order valence-corrected chi connectivity index (χ4v) is 2.84. The van der Waals surface area contributed by atoms with Gasteiger partial charge in [0.1, 0.15) is 11.8 Å². The smallest absolute Gasteiger partial charge is 0.328 e. The summed E-state index contributed by atoms with van der Waals surface area (Å²) >= 11 is 0. The molecule has 2 fully saturated rings. The first-order chi connectivity index (χ1) is 9.15. The van der Waals surface area contributed by atoms with Crippen molar-refractivity contribution in [3.63, 3.8) is 0 Å². The van der Waals surface area contributed by atoms with E-state index in [4.69, 9.17) is 4.74 Å². The molecule has 1 heterocycles. The second-order valence-corrected chi connectivity index (χ2v) is 5.50. The van der Waals surface area contributed by atoms with E-state index in [0.29, 0.717) is 25.4 Å². The van der Waals surface area contributed by atoms with Crippen molar-refractivity contribution in [1.29, 1.82) is 0 Å². The van der Waals surface area contributed by atoms with Crippen molar-refractivity contribution in [3.8, 4) is 0 Å². The topological polar surface area (TPSA) is 72.5 Å². The van der Waals surface area contributed by atoms with Crippen molar-refractivity contribution in [2.24, 2.45) is 5.92 Å². The first-order valence-electron chi connectivity index (χ1n) is 7.13. The van der Waals surface area contributed by atoms with E-state index in [1.165, 1.54) is 19.3 Å². The number of carbonyl (C=O) groups is 3. The van der Waals surface area contributed by atoms with Crippen molar-refractivity contribution >= 4 is 17.7 Å². The van der Waals surface area contributed by atoms with Crippen LogP contribution in [0.2, 0.25) is 0 Å². The van der Waals surface area contributed by atoms with Crippen LogP contribution in [-0.4, -0.2) is 30.3 Å². The summed E-state index contributed by atoms with van der Waals surface area (Å²) in [5, 5.41) is 2.56. The highest BCUT2D eigenvalue weighted by molar-refractivity contribution is 5.99. The van der Waals surface area contributed by atoms with Crippen LogP contribution < -0.4 is 5.32 Å². The predicted octanol–water partition coefficient (Wildman–Crippen LogP) is 1.35. The standard InChI is InChI=1S/C14H21NO4/c16-11(8-10-4-2-1-3-5-10)9-13(17)15-12-6-7-19-14(12)18/h10,12H,1-9H2,(H,15,17)/t12-/m0/s1. The van der Waals surface area contributed by atoms with Gasteiger partial charge in [0.2, 0.25) is 5.91 Å². The zero-order chi connectivity index (χ0) is 13.7. The van der Waals surface area contributed by atoms with Gasteiger partial charge in [-0.15, -0.1) is 0 Å². The molecule has 5 heteroatoms. The maximum absolute atomic E-state index is 11.8. The summed E-state index contributed by atoms with van der Waals surface area (Å²) in [6.07, 6.45) is 6.74. The summed E-state index contributed by atoms with van der Waals surface area (Å²) in [6, 6.07) is -0.560. The fraction of sp³-hybridized carbons (Fsp3) is 0.786. The molecule has 19 heavy (non-hydrogen) atoms. The van der Waals surface area contributed by atoms with Crippen LogP contribution in [0, 0.1) is 5.92 Å². The van der Waals surface area contributed by atoms with E-state index in [1.807, 2.05) is 0 Å². The van der Waals surface area contributed by atoms with Crippen LogP contribution in [0.25, 0.3) is 0 Å². The highest BCUT2D eigenvalue weighted by Crippen LogP contribution is 2.26. The Hall–Kier alpha value is -1.39. The minimum Gasteiger partial charge on any atom is -0.464 e. The predicted molar refractivity (Wildman–Crippen MR) is 68.3 cm³/mol. The van der Waals surface area contributed by atoms with Gasteiger partial charge in [-0.25, -0.2) is 4.79 Å². The highest BCUT2D eigenvalue weighted by atomic mass is 16.5. The number of esters is 1. The number of hydrogen-bond donors (Lipinski definition) is 1. The molecule has 1 N–H and O–H groups in total. The van der Waals surface area contributed by atoms with Crippen molar-refractivity contribution in [1.82, 2.24) is 5.32 Å². The lowest BCUT2D eigenvalue weighted by Gasteiger charge is -2.20. The Kier molecular flexibility index (Phi) is 4.93. The molecule has 0 aromatic rings.